The molecule has 0 aliphatic carbocycles. The third kappa shape index (κ3) is 2.02. The van der Waals surface area contributed by atoms with Crippen molar-refractivity contribution in [3.63, 3.8) is 0 Å². The van der Waals surface area contributed by atoms with Crippen molar-refractivity contribution in [2.45, 2.75) is 9.42 Å². The largest absolute Gasteiger partial charge is 0.237 e. The number of halogens is 2. The van der Waals surface area contributed by atoms with Crippen LogP contribution in [0.15, 0.2) is 0 Å². The Morgan fingerprint density at radius 2 is 1.75 bits per heavy atom. The molecular formula is C4H6Cl2NS. The molecule has 1 aliphatic heterocycles. The van der Waals surface area contributed by atoms with E-state index in [1.165, 1.54) is 0 Å². The van der Waals surface area contributed by atoms with Gasteiger partial charge in [0.05, 0.1) is 9.42 Å². The SMILES string of the molecule is ClC1C[N]CC(Cl)S1. The van der Waals surface area contributed by atoms with Crippen LogP contribution in [-0.4, -0.2) is 22.5 Å². The molecule has 0 amide bonds. The Hall–Kier alpha value is 0.890. The fourth-order valence-electron chi connectivity index (χ4n) is 0.524. The van der Waals surface area contributed by atoms with Crippen LogP contribution in [0, 0.1) is 0 Å². The van der Waals surface area contributed by atoms with Gasteiger partial charge >= 0.3 is 0 Å². The molecule has 1 rings (SSSR count). The molecule has 4 heteroatoms. The second-order valence-corrected chi connectivity index (χ2v) is 4.53. The van der Waals surface area contributed by atoms with Gasteiger partial charge in [-0.3, -0.25) is 0 Å². The van der Waals surface area contributed by atoms with E-state index < -0.39 is 0 Å². The van der Waals surface area contributed by atoms with Gasteiger partial charge in [-0.15, -0.1) is 35.0 Å². The van der Waals surface area contributed by atoms with Gasteiger partial charge in [-0.2, -0.15) is 0 Å². The van der Waals surface area contributed by atoms with Crippen LogP contribution in [0.2, 0.25) is 0 Å². The molecule has 1 fully saturated rings. The first-order chi connectivity index (χ1) is 3.79. The van der Waals surface area contributed by atoms with Crippen LogP contribution in [0.1, 0.15) is 0 Å². The molecule has 0 N–H and O–H groups in total. The van der Waals surface area contributed by atoms with Gasteiger partial charge in [0.15, 0.2) is 0 Å². The topological polar surface area (TPSA) is 14.1 Å². The summed E-state index contributed by atoms with van der Waals surface area (Å²) in [4.78, 5) is 0. The molecule has 8 heavy (non-hydrogen) atoms. The van der Waals surface area contributed by atoms with Crippen molar-refractivity contribution in [1.82, 2.24) is 5.32 Å². The predicted molar refractivity (Wildman–Crippen MR) is 38.7 cm³/mol. The third-order valence-corrected chi connectivity index (χ3v) is 2.62. The van der Waals surface area contributed by atoms with Crippen LogP contribution in [0.3, 0.4) is 0 Å². The number of hydrogen-bond acceptors (Lipinski definition) is 1. The van der Waals surface area contributed by atoms with Crippen LogP contribution in [0.25, 0.3) is 0 Å². The second kappa shape index (κ2) is 3.16. The fraction of sp³-hybridized carbons (Fsp3) is 1.00. The molecule has 1 aliphatic rings. The zero-order valence-electron chi connectivity index (χ0n) is 4.18. The molecule has 2 atom stereocenters. The van der Waals surface area contributed by atoms with Gasteiger partial charge < -0.3 is 0 Å². The van der Waals surface area contributed by atoms with Crippen molar-refractivity contribution in [1.29, 1.82) is 0 Å². The molecular weight excluding hydrogens is 165 g/mol. The summed E-state index contributed by atoms with van der Waals surface area (Å²) in [6.07, 6.45) is 0. The van der Waals surface area contributed by atoms with E-state index in [4.69, 9.17) is 23.2 Å². The van der Waals surface area contributed by atoms with E-state index in [9.17, 15) is 0 Å². The lowest BCUT2D eigenvalue weighted by molar-refractivity contribution is 0.706. The summed E-state index contributed by atoms with van der Waals surface area (Å²) >= 11 is 13.0. The van der Waals surface area contributed by atoms with E-state index in [1.807, 2.05) is 0 Å². The van der Waals surface area contributed by atoms with Gasteiger partial charge in [0.2, 0.25) is 0 Å². The Morgan fingerprint density at radius 3 is 2.00 bits per heavy atom. The van der Waals surface area contributed by atoms with Crippen molar-refractivity contribution in [2.24, 2.45) is 0 Å². The molecule has 0 aromatic rings. The van der Waals surface area contributed by atoms with Gasteiger partial charge in [-0.1, -0.05) is 0 Å². The molecule has 1 saturated heterocycles. The molecule has 0 bridgehead atoms. The molecule has 0 aromatic carbocycles. The lowest BCUT2D eigenvalue weighted by Crippen LogP contribution is -2.27. The number of alkyl halides is 2. The summed E-state index contributed by atoms with van der Waals surface area (Å²) in [5.74, 6) is 0. The summed E-state index contributed by atoms with van der Waals surface area (Å²) in [7, 11) is 0. The van der Waals surface area contributed by atoms with Crippen molar-refractivity contribution in [3.8, 4) is 0 Å². The van der Waals surface area contributed by atoms with E-state index in [-0.39, 0.29) is 9.42 Å². The summed E-state index contributed by atoms with van der Waals surface area (Å²) in [6, 6.07) is 0. The van der Waals surface area contributed by atoms with E-state index in [1.54, 1.807) is 11.8 Å². The first-order valence-corrected chi connectivity index (χ1v) is 4.17. The maximum absolute atomic E-state index is 5.70. The van der Waals surface area contributed by atoms with Crippen molar-refractivity contribution in [3.05, 3.63) is 0 Å². The third-order valence-electron chi connectivity index (χ3n) is 0.841. The van der Waals surface area contributed by atoms with Gasteiger partial charge in [-0.25, -0.2) is 5.32 Å². The van der Waals surface area contributed by atoms with Gasteiger partial charge in [0, 0.05) is 13.1 Å². The molecule has 1 radical (unpaired) electrons. The summed E-state index contributed by atoms with van der Waals surface area (Å²) in [5.41, 5.74) is 0. The minimum Gasteiger partial charge on any atom is -0.237 e. The highest BCUT2D eigenvalue weighted by Gasteiger charge is 2.18. The standard InChI is InChI=1S/C4H6Cl2NS/c5-3-1-7-2-4(6)8-3/h3-4H,1-2H2. The first kappa shape index (κ1) is 7.00. The van der Waals surface area contributed by atoms with Gasteiger partial charge in [0.1, 0.15) is 0 Å². The lowest BCUT2D eigenvalue weighted by Gasteiger charge is -2.19. The first-order valence-electron chi connectivity index (χ1n) is 2.36. The number of nitrogens with zero attached hydrogens (tertiary/aromatic N) is 1. The Labute approximate surface area is 63.1 Å². The van der Waals surface area contributed by atoms with Crippen LogP contribution in [0.4, 0.5) is 0 Å². The monoisotopic (exact) mass is 170 g/mol. The van der Waals surface area contributed by atoms with Crippen LogP contribution >= 0.6 is 35.0 Å². The zero-order chi connectivity index (χ0) is 5.98. The number of thioether (sulfide) groups is 1. The molecule has 0 saturated carbocycles. The predicted octanol–water partition coefficient (Wildman–Crippen LogP) is 1.47. The maximum Gasteiger partial charge on any atom is 0.0944 e. The highest BCUT2D eigenvalue weighted by molar-refractivity contribution is 8.02. The Morgan fingerprint density at radius 1 is 1.25 bits per heavy atom. The van der Waals surface area contributed by atoms with Crippen LogP contribution in [0.5, 0.6) is 0 Å². The summed E-state index contributed by atoms with van der Waals surface area (Å²) in [5, 5.41) is 4.05. The Balaban J connectivity index is 2.23. The number of rotatable bonds is 0. The highest BCUT2D eigenvalue weighted by atomic mass is 35.5. The minimum absolute atomic E-state index is 0.103. The molecule has 0 aromatic heterocycles. The number of hydrogen-bond donors (Lipinski definition) is 0. The van der Waals surface area contributed by atoms with Crippen molar-refractivity contribution in [2.75, 3.05) is 13.1 Å². The molecule has 47 valence electrons. The Kier molecular flexibility index (Phi) is 2.76. The molecule has 0 spiro atoms. The highest BCUT2D eigenvalue weighted by Crippen LogP contribution is 2.26. The molecule has 1 heterocycles. The van der Waals surface area contributed by atoms with E-state index in [0.717, 1.165) is 13.1 Å². The van der Waals surface area contributed by atoms with Crippen molar-refractivity contribution >= 4 is 35.0 Å². The summed E-state index contributed by atoms with van der Waals surface area (Å²) in [6.45, 7) is 1.49. The smallest absolute Gasteiger partial charge is 0.0944 e. The average molecular weight is 171 g/mol. The lowest BCUT2D eigenvalue weighted by atomic mass is 10.6. The van der Waals surface area contributed by atoms with E-state index in [2.05, 4.69) is 5.32 Å². The van der Waals surface area contributed by atoms with Gasteiger partial charge in [-0.05, 0) is 0 Å². The Bertz CT molecular complexity index is 72.4. The minimum atomic E-state index is 0.103. The molecule has 1 nitrogen and oxygen atoms in total. The summed E-state index contributed by atoms with van der Waals surface area (Å²) < 4.78 is 0.206. The quantitative estimate of drug-likeness (QED) is 0.503. The van der Waals surface area contributed by atoms with E-state index in [0.29, 0.717) is 0 Å². The normalized spacial score (nSPS) is 39.8. The van der Waals surface area contributed by atoms with Gasteiger partial charge in [0.25, 0.3) is 0 Å². The van der Waals surface area contributed by atoms with Crippen LogP contribution in [-0.2, 0) is 0 Å². The average Bonchev–Trinajstić information content (AvgIpc) is 1.64. The van der Waals surface area contributed by atoms with Crippen molar-refractivity contribution < 1.29 is 0 Å². The van der Waals surface area contributed by atoms with Crippen LogP contribution < -0.4 is 5.32 Å². The maximum atomic E-state index is 5.70. The fourth-order valence-corrected chi connectivity index (χ4v) is 2.33. The zero-order valence-corrected chi connectivity index (χ0v) is 6.51. The molecule has 2 unspecified atom stereocenters. The van der Waals surface area contributed by atoms with E-state index >= 15 is 0 Å². The second-order valence-electron chi connectivity index (χ2n) is 1.54.